The fourth-order valence-electron chi connectivity index (χ4n) is 3.99. The topological polar surface area (TPSA) is 142 Å². The summed E-state index contributed by atoms with van der Waals surface area (Å²) >= 11 is 0. The van der Waals surface area contributed by atoms with Crippen molar-refractivity contribution in [1.82, 2.24) is 10.6 Å². The first-order valence-electron chi connectivity index (χ1n) is 11.6. The Bertz CT molecular complexity index is 1340. The highest BCUT2D eigenvalue weighted by atomic mass is 16.4. The predicted molar refractivity (Wildman–Crippen MR) is 129 cm³/mol. The number of nitrogens with one attached hydrogen (secondary N) is 2. The van der Waals surface area contributed by atoms with Crippen molar-refractivity contribution < 1.29 is 28.3 Å². The quantitative estimate of drug-likeness (QED) is 0.467. The molecule has 188 valence electrons. The van der Waals surface area contributed by atoms with Crippen molar-refractivity contribution in [2.75, 3.05) is 6.54 Å². The van der Waals surface area contributed by atoms with Gasteiger partial charge in [-0.05, 0) is 29.9 Å². The Morgan fingerprint density at radius 2 is 1.77 bits per heavy atom. The van der Waals surface area contributed by atoms with Gasteiger partial charge in [-0.3, -0.25) is 9.59 Å². The summed E-state index contributed by atoms with van der Waals surface area (Å²) in [4.78, 5) is 48.6. The largest absolute Gasteiger partial charge is 0.548 e. The second kappa shape index (κ2) is 9.93. The van der Waals surface area contributed by atoms with Crippen LogP contribution in [0.2, 0.25) is 0 Å². The maximum Gasteiger partial charge on any atom is 0.340 e. The van der Waals surface area contributed by atoms with Crippen LogP contribution in [0.1, 0.15) is 57.7 Å². The van der Waals surface area contributed by atoms with Crippen LogP contribution in [0.5, 0.6) is 0 Å². The van der Waals surface area contributed by atoms with Crippen molar-refractivity contribution in [3.8, 4) is 0 Å². The number of hydrogen-bond acceptors (Lipinski definition) is 7. The van der Waals surface area contributed by atoms with Gasteiger partial charge in [-0.15, -0.1) is 0 Å². The van der Waals surface area contributed by atoms with Gasteiger partial charge in [0.25, 0.3) is 0 Å². The highest BCUT2D eigenvalue weighted by Gasteiger charge is 2.23. The average molecular weight is 484 g/mol. The molecule has 0 aliphatic carbocycles. The number of rotatable bonds is 8. The summed E-state index contributed by atoms with van der Waals surface area (Å²) in [5.74, 6) is -2.94. The van der Waals surface area contributed by atoms with Crippen molar-refractivity contribution in [3.63, 3.8) is 0 Å². The lowest BCUT2D eigenvalue weighted by atomic mass is 9.86. The Hall–Kier alpha value is -3.62. The highest BCUT2D eigenvalue weighted by Crippen LogP contribution is 2.35. The molecule has 0 aliphatic rings. The minimum absolute atomic E-state index is 0.156. The van der Waals surface area contributed by atoms with Gasteiger partial charge in [-0.1, -0.05) is 41.0 Å². The number of carboxylic acid groups (broad SMARTS) is 1. The van der Waals surface area contributed by atoms with Crippen LogP contribution in [0.3, 0.4) is 0 Å². The lowest BCUT2D eigenvalue weighted by Gasteiger charge is -2.25. The Morgan fingerprint density at radius 1 is 1.09 bits per heavy atom. The van der Waals surface area contributed by atoms with Crippen LogP contribution in [0, 0.1) is 12.8 Å². The normalized spacial score (nSPS) is 13.5. The Balaban J connectivity index is 1.80. The Morgan fingerprint density at radius 3 is 2.37 bits per heavy atom. The number of amides is 2. The Labute approximate surface area is 202 Å². The number of carbonyl (C=O) groups is 3. The minimum atomic E-state index is -1.38. The number of furan rings is 1. The molecule has 35 heavy (non-hydrogen) atoms. The molecule has 0 saturated heterocycles. The van der Waals surface area contributed by atoms with E-state index in [9.17, 15) is 24.3 Å². The molecule has 0 aliphatic heterocycles. The molecule has 0 fully saturated rings. The molecule has 2 heterocycles. The van der Waals surface area contributed by atoms with E-state index in [0.717, 1.165) is 10.9 Å². The summed E-state index contributed by atoms with van der Waals surface area (Å²) in [6.45, 7) is 11.0. The van der Waals surface area contributed by atoms with Crippen LogP contribution in [0.15, 0.2) is 32.0 Å². The first kappa shape index (κ1) is 26.0. The molecular formula is C26H31N2O7-. The van der Waals surface area contributed by atoms with E-state index < -0.39 is 36.0 Å². The summed E-state index contributed by atoms with van der Waals surface area (Å²) < 4.78 is 11.1. The van der Waals surface area contributed by atoms with Crippen molar-refractivity contribution in [1.29, 1.82) is 0 Å². The van der Waals surface area contributed by atoms with Crippen LogP contribution in [-0.4, -0.2) is 30.4 Å². The van der Waals surface area contributed by atoms with E-state index in [0.29, 0.717) is 28.5 Å². The van der Waals surface area contributed by atoms with E-state index in [2.05, 4.69) is 31.4 Å². The smallest absolute Gasteiger partial charge is 0.340 e. The number of aryl methyl sites for hydroxylation is 1. The molecule has 3 rings (SSSR count). The van der Waals surface area contributed by atoms with E-state index in [1.807, 2.05) is 6.07 Å². The summed E-state index contributed by atoms with van der Waals surface area (Å²) in [5.41, 5.74) is 1.96. The van der Waals surface area contributed by atoms with E-state index in [1.54, 1.807) is 33.1 Å². The second-order valence-electron chi connectivity index (χ2n) is 9.94. The van der Waals surface area contributed by atoms with Gasteiger partial charge < -0.3 is 29.4 Å². The maximum absolute atomic E-state index is 12.6. The van der Waals surface area contributed by atoms with Crippen molar-refractivity contribution in [2.45, 2.75) is 65.8 Å². The zero-order valence-electron chi connectivity index (χ0n) is 20.9. The number of aliphatic carboxylic acids is 1. The number of carbonyl (C=O) groups excluding carboxylic acids is 3. The van der Waals surface area contributed by atoms with Crippen molar-refractivity contribution in [3.05, 3.63) is 45.5 Å². The van der Waals surface area contributed by atoms with Gasteiger partial charge in [-0.25, -0.2) is 4.79 Å². The lowest BCUT2D eigenvalue weighted by molar-refractivity contribution is -0.309. The lowest BCUT2D eigenvalue weighted by Crippen LogP contribution is -2.53. The molecule has 0 bridgehead atoms. The van der Waals surface area contributed by atoms with E-state index in [1.165, 1.54) is 0 Å². The fraction of sp³-hybridized carbons (Fsp3) is 0.462. The molecule has 0 spiro atoms. The number of fused-ring (bicyclic) bond motifs is 2. The van der Waals surface area contributed by atoms with Gasteiger partial charge in [-0.2, -0.15) is 0 Å². The average Bonchev–Trinajstić information content (AvgIpc) is 3.20. The first-order valence-corrected chi connectivity index (χ1v) is 11.6. The zero-order valence-corrected chi connectivity index (χ0v) is 20.9. The summed E-state index contributed by atoms with van der Waals surface area (Å²) in [5, 5.41) is 17.7. The molecule has 2 N–H and O–H groups in total. The molecule has 2 amide bonds. The van der Waals surface area contributed by atoms with Crippen LogP contribution >= 0.6 is 0 Å². The molecule has 2 atom stereocenters. The number of carboxylic acids is 1. The molecule has 0 saturated carbocycles. The maximum atomic E-state index is 12.6. The molecule has 0 unspecified atom stereocenters. The molecule has 1 aromatic carbocycles. The third-order valence-corrected chi connectivity index (χ3v) is 6.36. The van der Waals surface area contributed by atoms with E-state index in [4.69, 9.17) is 8.83 Å². The fourth-order valence-corrected chi connectivity index (χ4v) is 3.99. The van der Waals surface area contributed by atoms with Crippen molar-refractivity contribution in [2.24, 2.45) is 5.92 Å². The van der Waals surface area contributed by atoms with Gasteiger partial charge in [0, 0.05) is 22.4 Å². The molecule has 9 nitrogen and oxygen atoms in total. The van der Waals surface area contributed by atoms with Crippen LogP contribution < -0.4 is 21.4 Å². The molecule has 9 heteroatoms. The molecule has 3 aromatic rings. The van der Waals surface area contributed by atoms with E-state index in [-0.39, 0.29) is 23.3 Å². The molecule has 2 aromatic heterocycles. The third-order valence-electron chi connectivity index (χ3n) is 6.36. The van der Waals surface area contributed by atoms with Crippen molar-refractivity contribution >= 4 is 39.7 Å². The monoisotopic (exact) mass is 483 g/mol. The van der Waals surface area contributed by atoms with Gasteiger partial charge in [0.15, 0.2) is 0 Å². The minimum Gasteiger partial charge on any atom is -0.548 e. The second-order valence-corrected chi connectivity index (χ2v) is 9.94. The number of hydrogen-bond donors (Lipinski definition) is 2. The summed E-state index contributed by atoms with van der Waals surface area (Å²) in [7, 11) is 0. The van der Waals surface area contributed by atoms with Gasteiger partial charge in [0.2, 0.25) is 11.8 Å². The molecule has 0 radical (unpaired) electrons. The van der Waals surface area contributed by atoms with Gasteiger partial charge in [0.05, 0.1) is 36.8 Å². The summed E-state index contributed by atoms with van der Waals surface area (Å²) in [6, 6.07) is 2.42. The predicted octanol–water partition coefficient (Wildman–Crippen LogP) is 2.08. The third kappa shape index (κ3) is 5.55. The zero-order chi connectivity index (χ0) is 26.1. The van der Waals surface area contributed by atoms with E-state index >= 15 is 0 Å². The highest BCUT2D eigenvalue weighted by molar-refractivity contribution is 5.97. The molecular weight excluding hydrogens is 452 g/mol. The first-order chi connectivity index (χ1) is 16.3. The number of benzene rings is 1. The standard InChI is InChI=1S/C26H32N2O7/c1-7-13(2)23(24(31)32)28-22(30)11-27-21(29)9-16-14(3)15-8-17-18(26(4,5)6)12-34-19(17)10-20(15)35-25(16)33/h8,10,12-13,23H,7,9,11H2,1-6H3,(H,27,29)(H,28,30)(H,31,32)/p-1/t13-,23+/m1/s1. The van der Waals surface area contributed by atoms with Crippen LogP contribution in [-0.2, 0) is 26.2 Å². The summed E-state index contributed by atoms with van der Waals surface area (Å²) in [6.07, 6.45) is 1.94. The van der Waals surface area contributed by atoms with Crippen LogP contribution in [0.25, 0.3) is 21.9 Å². The Kier molecular flexibility index (Phi) is 7.38. The van der Waals surface area contributed by atoms with Gasteiger partial charge >= 0.3 is 5.63 Å². The SMILES string of the molecule is CC[C@@H](C)[C@H](NC(=O)CNC(=O)Cc1c(C)c2cc3c(C(C)(C)C)coc3cc2oc1=O)C(=O)[O-]. The van der Waals surface area contributed by atoms with Gasteiger partial charge in [0.1, 0.15) is 11.2 Å². The van der Waals surface area contributed by atoms with Crippen LogP contribution in [0.4, 0.5) is 0 Å².